The van der Waals surface area contributed by atoms with Crippen LogP contribution >= 0.6 is 0 Å². The first-order valence-corrected chi connectivity index (χ1v) is 7.11. The van der Waals surface area contributed by atoms with Crippen molar-refractivity contribution in [2.75, 3.05) is 0 Å². The lowest BCUT2D eigenvalue weighted by molar-refractivity contribution is 0.564. The fourth-order valence-corrected chi connectivity index (χ4v) is 2.59. The Labute approximate surface area is 131 Å². The second-order valence-corrected chi connectivity index (χ2v) is 5.19. The highest BCUT2D eigenvalue weighted by Gasteiger charge is 2.15. The smallest absolute Gasteiger partial charge is 0.238 e. The van der Waals surface area contributed by atoms with Crippen molar-refractivity contribution in [3.05, 3.63) is 66.6 Å². The lowest BCUT2D eigenvalue weighted by Gasteiger charge is -2.05. The average molecular weight is 305 g/mol. The second-order valence-electron chi connectivity index (χ2n) is 5.19. The molecule has 4 rings (SSSR count). The molecular formula is C17H12FN5. The zero-order chi connectivity index (χ0) is 15.8. The van der Waals surface area contributed by atoms with Crippen LogP contribution in [0.15, 0.2) is 55.0 Å². The lowest BCUT2D eigenvalue weighted by Crippen LogP contribution is -2.03. The molecule has 5 nitrogen and oxygen atoms in total. The number of pyridine rings is 2. The van der Waals surface area contributed by atoms with Crippen LogP contribution in [0.4, 0.5) is 4.39 Å². The van der Waals surface area contributed by atoms with Crippen molar-refractivity contribution in [3.8, 4) is 16.9 Å². The molecule has 0 saturated carbocycles. The molecule has 0 saturated heterocycles. The van der Waals surface area contributed by atoms with Crippen molar-refractivity contribution in [2.24, 2.45) is 0 Å². The maximum Gasteiger partial charge on any atom is 0.238 e. The van der Waals surface area contributed by atoms with Crippen LogP contribution in [-0.4, -0.2) is 25.0 Å². The largest absolute Gasteiger partial charge is 0.264 e. The molecule has 0 spiro atoms. The van der Waals surface area contributed by atoms with E-state index < -0.39 is 5.95 Å². The molecule has 3 aromatic heterocycles. The number of hydrogen-bond acceptors (Lipinski definition) is 4. The van der Waals surface area contributed by atoms with Gasteiger partial charge in [-0.15, -0.1) is 5.10 Å². The third kappa shape index (κ3) is 2.24. The standard InChI is InChI=1S/C17H12FN5/c1-11-16(13-5-4-12-6-8-19-10-14(12)9-13)21-22-23(11)15-3-2-7-20-17(15)18/h2-10H,1H3. The Morgan fingerprint density at radius 3 is 2.83 bits per heavy atom. The molecule has 0 aliphatic heterocycles. The number of benzene rings is 1. The molecule has 3 heterocycles. The first-order chi connectivity index (χ1) is 11.2. The molecule has 0 fully saturated rings. The molecule has 23 heavy (non-hydrogen) atoms. The van der Waals surface area contributed by atoms with Crippen molar-refractivity contribution < 1.29 is 4.39 Å². The van der Waals surface area contributed by atoms with Crippen LogP contribution in [0.25, 0.3) is 27.7 Å². The first-order valence-electron chi connectivity index (χ1n) is 7.11. The van der Waals surface area contributed by atoms with E-state index in [4.69, 9.17) is 0 Å². The Morgan fingerprint density at radius 2 is 1.96 bits per heavy atom. The summed E-state index contributed by atoms with van der Waals surface area (Å²) in [6.45, 7) is 1.86. The highest BCUT2D eigenvalue weighted by Crippen LogP contribution is 2.26. The monoisotopic (exact) mass is 305 g/mol. The van der Waals surface area contributed by atoms with Gasteiger partial charge in [0.1, 0.15) is 11.4 Å². The summed E-state index contributed by atoms with van der Waals surface area (Å²) in [7, 11) is 0. The molecular weight excluding hydrogens is 293 g/mol. The van der Waals surface area contributed by atoms with Gasteiger partial charge >= 0.3 is 0 Å². The van der Waals surface area contributed by atoms with Crippen molar-refractivity contribution in [1.29, 1.82) is 0 Å². The highest BCUT2D eigenvalue weighted by molar-refractivity contribution is 5.86. The van der Waals surface area contributed by atoms with Gasteiger partial charge in [0.05, 0.1) is 5.69 Å². The highest BCUT2D eigenvalue weighted by atomic mass is 19.1. The Hall–Kier alpha value is -3.15. The minimum atomic E-state index is -0.574. The van der Waals surface area contributed by atoms with Gasteiger partial charge in [0, 0.05) is 29.5 Å². The van der Waals surface area contributed by atoms with E-state index in [9.17, 15) is 4.39 Å². The van der Waals surface area contributed by atoms with Gasteiger partial charge in [-0.1, -0.05) is 17.3 Å². The van der Waals surface area contributed by atoms with Crippen LogP contribution < -0.4 is 0 Å². The number of fused-ring (bicyclic) bond motifs is 1. The van der Waals surface area contributed by atoms with E-state index >= 15 is 0 Å². The zero-order valence-corrected chi connectivity index (χ0v) is 12.3. The molecule has 4 aromatic rings. The quantitative estimate of drug-likeness (QED) is 0.533. The fourth-order valence-electron chi connectivity index (χ4n) is 2.59. The average Bonchev–Trinajstić information content (AvgIpc) is 2.96. The molecule has 0 radical (unpaired) electrons. The number of hydrogen-bond donors (Lipinski definition) is 0. The van der Waals surface area contributed by atoms with Gasteiger partial charge in [-0.3, -0.25) is 4.98 Å². The van der Waals surface area contributed by atoms with Gasteiger partial charge in [0.15, 0.2) is 0 Å². The molecule has 0 atom stereocenters. The normalized spacial score (nSPS) is 11.0. The summed E-state index contributed by atoms with van der Waals surface area (Å²) in [4.78, 5) is 7.79. The van der Waals surface area contributed by atoms with Gasteiger partial charge < -0.3 is 0 Å². The van der Waals surface area contributed by atoms with Gasteiger partial charge in [0.2, 0.25) is 5.95 Å². The molecule has 0 aliphatic carbocycles. The topological polar surface area (TPSA) is 56.5 Å². The zero-order valence-electron chi connectivity index (χ0n) is 12.3. The molecule has 6 heteroatoms. The SMILES string of the molecule is Cc1c(-c2ccc3ccncc3c2)nnn1-c1cccnc1F. The third-order valence-corrected chi connectivity index (χ3v) is 3.78. The van der Waals surface area contributed by atoms with Gasteiger partial charge in [-0.2, -0.15) is 4.39 Å². The van der Waals surface area contributed by atoms with Gasteiger partial charge in [-0.05, 0) is 36.6 Å². The van der Waals surface area contributed by atoms with Crippen molar-refractivity contribution in [2.45, 2.75) is 6.92 Å². The van der Waals surface area contributed by atoms with E-state index in [2.05, 4.69) is 20.3 Å². The molecule has 1 aromatic carbocycles. The second kappa shape index (κ2) is 5.24. The van der Waals surface area contributed by atoms with Crippen molar-refractivity contribution >= 4 is 10.8 Å². The summed E-state index contributed by atoms with van der Waals surface area (Å²) in [6, 6.07) is 11.2. The molecule has 0 amide bonds. The number of rotatable bonds is 2. The maximum atomic E-state index is 13.9. The van der Waals surface area contributed by atoms with Crippen LogP contribution in [0.5, 0.6) is 0 Å². The summed E-state index contributed by atoms with van der Waals surface area (Å²) in [5.74, 6) is -0.574. The molecule has 0 unspecified atom stereocenters. The summed E-state index contributed by atoms with van der Waals surface area (Å²) < 4.78 is 15.3. The van der Waals surface area contributed by atoms with Crippen LogP contribution in [0.2, 0.25) is 0 Å². The maximum absolute atomic E-state index is 13.9. The summed E-state index contributed by atoms with van der Waals surface area (Å²) in [5, 5.41) is 10.4. The Balaban J connectivity index is 1.85. The van der Waals surface area contributed by atoms with E-state index in [1.807, 2.05) is 31.2 Å². The molecule has 0 bridgehead atoms. The summed E-state index contributed by atoms with van der Waals surface area (Å²) in [6.07, 6.45) is 4.97. The summed E-state index contributed by atoms with van der Waals surface area (Å²) in [5.41, 5.74) is 2.66. The van der Waals surface area contributed by atoms with Gasteiger partial charge in [0.25, 0.3) is 0 Å². The predicted molar refractivity (Wildman–Crippen MR) is 84.6 cm³/mol. The minimum Gasteiger partial charge on any atom is -0.264 e. The summed E-state index contributed by atoms with van der Waals surface area (Å²) >= 11 is 0. The first kappa shape index (κ1) is 13.5. The van der Waals surface area contributed by atoms with E-state index in [1.54, 1.807) is 24.5 Å². The number of nitrogens with zero attached hydrogens (tertiary/aromatic N) is 5. The third-order valence-electron chi connectivity index (χ3n) is 3.78. The van der Waals surface area contributed by atoms with Crippen LogP contribution in [-0.2, 0) is 0 Å². The molecule has 0 aliphatic rings. The van der Waals surface area contributed by atoms with Crippen LogP contribution in [0.1, 0.15) is 5.69 Å². The van der Waals surface area contributed by atoms with E-state index in [0.717, 1.165) is 22.0 Å². The molecule has 0 N–H and O–H groups in total. The van der Waals surface area contributed by atoms with E-state index in [-0.39, 0.29) is 5.69 Å². The van der Waals surface area contributed by atoms with Crippen LogP contribution in [0, 0.1) is 12.9 Å². The lowest BCUT2D eigenvalue weighted by atomic mass is 10.1. The van der Waals surface area contributed by atoms with Crippen molar-refractivity contribution in [1.82, 2.24) is 25.0 Å². The number of halogens is 1. The predicted octanol–water partition coefficient (Wildman–Crippen LogP) is 3.33. The Kier molecular flexibility index (Phi) is 3.08. The number of aromatic nitrogens is 5. The van der Waals surface area contributed by atoms with E-state index in [1.165, 1.54) is 10.9 Å². The fraction of sp³-hybridized carbons (Fsp3) is 0.0588. The van der Waals surface area contributed by atoms with Gasteiger partial charge in [-0.25, -0.2) is 9.67 Å². The van der Waals surface area contributed by atoms with Crippen LogP contribution in [0.3, 0.4) is 0 Å². The Bertz CT molecular complexity index is 1010. The van der Waals surface area contributed by atoms with E-state index in [0.29, 0.717) is 5.69 Å². The minimum absolute atomic E-state index is 0.284. The molecule has 112 valence electrons. The van der Waals surface area contributed by atoms with Crippen molar-refractivity contribution in [3.63, 3.8) is 0 Å². The Morgan fingerprint density at radius 1 is 1.04 bits per heavy atom.